The van der Waals surface area contributed by atoms with Gasteiger partial charge in [-0.3, -0.25) is 4.79 Å². The number of likely N-dealkylation sites (N-methyl/N-ethyl adjacent to an activating group) is 1. The van der Waals surface area contributed by atoms with Crippen LogP contribution in [0.5, 0.6) is 23.0 Å². The molecule has 1 radical (unpaired) electrons. The molecular weight excluding hydrogens is 418 g/mol. The van der Waals surface area contributed by atoms with Gasteiger partial charge in [-0.15, -0.1) is 0 Å². The maximum atomic E-state index is 10.7. The van der Waals surface area contributed by atoms with Crippen LogP contribution in [0.3, 0.4) is 0 Å². The lowest BCUT2D eigenvalue weighted by Crippen LogP contribution is -2.27. The Labute approximate surface area is 198 Å². The van der Waals surface area contributed by atoms with Crippen molar-refractivity contribution in [3.8, 4) is 23.0 Å². The van der Waals surface area contributed by atoms with Gasteiger partial charge in [0.15, 0.2) is 23.0 Å². The van der Waals surface area contributed by atoms with E-state index in [2.05, 4.69) is 31.9 Å². The molecule has 6 nitrogen and oxygen atoms in total. The zero-order valence-corrected chi connectivity index (χ0v) is 20.8. The molecule has 2 rings (SSSR count). The van der Waals surface area contributed by atoms with E-state index in [1.54, 1.807) is 21.3 Å². The molecular formula is C27H38NO5. The van der Waals surface area contributed by atoms with E-state index in [-0.39, 0.29) is 12.5 Å². The van der Waals surface area contributed by atoms with E-state index in [4.69, 9.17) is 18.9 Å². The Bertz CT molecular complexity index is 868. The molecule has 0 heterocycles. The fourth-order valence-electron chi connectivity index (χ4n) is 3.72. The summed E-state index contributed by atoms with van der Waals surface area (Å²) in [5.41, 5.74) is 2.09. The largest absolute Gasteiger partial charge is 0.493 e. The third kappa shape index (κ3) is 8.28. The number of carbonyl (C=O) groups excluding carboxylic acids is 1. The first kappa shape index (κ1) is 26.5. The SMILES string of the molecule is COc1ccc(CCN(C)CCCC(Oc2ccc(C[C]=O)cc2OC)C(C)C)cc1OC. The molecule has 0 saturated carbocycles. The van der Waals surface area contributed by atoms with Gasteiger partial charge in [0.05, 0.1) is 21.3 Å². The quantitative estimate of drug-likeness (QED) is 0.386. The van der Waals surface area contributed by atoms with Crippen LogP contribution in [0.4, 0.5) is 0 Å². The smallest absolute Gasteiger partial charge is 0.203 e. The van der Waals surface area contributed by atoms with Crippen molar-refractivity contribution in [1.82, 2.24) is 4.90 Å². The molecule has 0 N–H and O–H groups in total. The minimum atomic E-state index is 0.0848. The van der Waals surface area contributed by atoms with Crippen molar-refractivity contribution >= 4 is 6.29 Å². The Morgan fingerprint density at radius 1 is 0.848 bits per heavy atom. The average Bonchev–Trinajstić information content (AvgIpc) is 2.82. The first-order valence-electron chi connectivity index (χ1n) is 11.5. The molecule has 2 aromatic rings. The highest BCUT2D eigenvalue weighted by molar-refractivity contribution is 5.57. The number of ether oxygens (including phenoxy) is 4. The van der Waals surface area contributed by atoms with Crippen LogP contribution in [0, 0.1) is 5.92 Å². The Morgan fingerprint density at radius 3 is 2.09 bits per heavy atom. The maximum Gasteiger partial charge on any atom is 0.203 e. The van der Waals surface area contributed by atoms with E-state index in [1.807, 2.05) is 36.6 Å². The minimum Gasteiger partial charge on any atom is -0.493 e. The molecule has 33 heavy (non-hydrogen) atoms. The number of nitrogens with zero attached hydrogens (tertiary/aromatic N) is 1. The molecule has 1 atom stereocenters. The first-order chi connectivity index (χ1) is 15.9. The predicted molar refractivity (Wildman–Crippen MR) is 132 cm³/mol. The van der Waals surface area contributed by atoms with E-state index in [0.29, 0.717) is 17.4 Å². The third-order valence-electron chi connectivity index (χ3n) is 5.78. The Balaban J connectivity index is 1.86. The maximum absolute atomic E-state index is 10.7. The van der Waals surface area contributed by atoms with Crippen LogP contribution in [0.15, 0.2) is 36.4 Å². The summed E-state index contributed by atoms with van der Waals surface area (Å²) in [7, 11) is 7.08. The molecule has 0 saturated heterocycles. The van der Waals surface area contributed by atoms with Gasteiger partial charge in [0.1, 0.15) is 6.10 Å². The van der Waals surface area contributed by atoms with Crippen molar-refractivity contribution in [2.45, 2.75) is 45.6 Å². The predicted octanol–water partition coefficient (Wildman–Crippen LogP) is 4.72. The summed E-state index contributed by atoms with van der Waals surface area (Å²) in [5, 5.41) is 0. The van der Waals surface area contributed by atoms with E-state index in [1.165, 1.54) is 5.56 Å². The topological polar surface area (TPSA) is 57.2 Å². The number of rotatable bonds is 15. The average molecular weight is 457 g/mol. The molecule has 0 aliphatic rings. The van der Waals surface area contributed by atoms with Gasteiger partial charge >= 0.3 is 0 Å². The summed E-state index contributed by atoms with van der Waals surface area (Å²) in [4.78, 5) is 13.0. The van der Waals surface area contributed by atoms with Gasteiger partial charge in [0, 0.05) is 13.0 Å². The van der Waals surface area contributed by atoms with Crippen LogP contribution < -0.4 is 18.9 Å². The van der Waals surface area contributed by atoms with E-state index in [0.717, 1.165) is 49.4 Å². The van der Waals surface area contributed by atoms with Crippen molar-refractivity contribution in [3.05, 3.63) is 47.5 Å². The summed E-state index contributed by atoms with van der Waals surface area (Å²) < 4.78 is 22.5. The normalized spacial score (nSPS) is 12.0. The monoisotopic (exact) mass is 456 g/mol. The number of methoxy groups -OCH3 is 3. The Morgan fingerprint density at radius 2 is 1.45 bits per heavy atom. The van der Waals surface area contributed by atoms with E-state index >= 15 is 0 Å². The van der Waals surface area contributed by atoms with Gasteiger partial charge in [-0.05, 0) is 74.2 Å². The van der Waals surface area contributed by atoms with Crippen molar-refractivity contribution in [3.63, 3.8) is 0 Å². The summed E-state index contributed by atoms with van der Waals surface area (Å²) in [6.07, 6.45) is 5.19. The summed E-state index contributed by atoms with van der Waals surface area (Å²) >= 11 is 0. The molecule has 0 aliphatic carbocycles. The first-order valence-corrected chi connectivity index (χ1v) is 11.5. The van der Waals surface area contributed by atoms with E-state index in [9.17, 15) is 4.79 Å². The molecule has 181 valence electrons. The highest BCUT2D eigenvalue weighted by Gasteiger charge is 2.18. The summed E-state index contributed by atoms with van der Waals surface area (Å²) in [6.45, 7) is 6.30. The fourth-order valence-corrected chi connectivity index (χ4v) is 3.72. The van der Waals surface area contributed by atoms with Gasteiger partial charge in [-0.2, -0.15) is 0 Å². The van der Waals surface area contributed by atoms with Crippen LogP contribution in [-0.4, -0.2) is 58.8 Å². The van der Waals surface area contributed by atoms with Crippen molar-refractivity contribution in [2.75, 3.05) is 41.5 Å². The van der Waals surface area contributed by atoms with Crippen LogP contribution in [-0.2, 0) is 17.6 Å². The van der Waals surface area contributed by atoms with Crippen molar-refractivity contribution in [1.29, 1.82) is 0 Å². The summed E-state index contributed by atoms with van der Waals surface area (Å²) in [6, 6.07) is 11.7. The zero-order chi connectivity index (χ0) is 24.2. The number of hydrogen-bond acceptors (Lipinski definition) is 6. The standard InChI is InChI=1S/C27H38NO5/c1-20(2)23(33-25-12-10-22(14-17-29)19-27(25)32-6)8-7-15-28(3)16-13-21-9-11-24(30-4)26(18-21)31-5/h9-12,18-20,23H,7-8,13-16H2,1-6H3. The van der Waals surface area contributed by atoms with Gasteiger partial charge in [0.2, 0.25) is 6.29 Å². The van der Waals surface area contributed by atoms with Gasteiger partial charge in [-0.1, -0.05) is 26.0 Å². The molecule has 0 aromatic heterocycles. The molecule has 0 amide bonds. The molecule has 0 bridgehead atoms. The molecule has 6 heteroatoms. The second kappa shape index (κ2) is 13.7. The van der Waals surface area contributed by atoms with Gasteiger partial charge < -0.3 is 23.8 Å². The zero-order valence-electron chi connectivity index (χ0n) is 20.8. The molecule has 1 unspecified atom stereocenters. The number of benzene rings is 2. The van der Waals surface area contributed by atoms with Crippen molar-refractivity contribution < 1.29 is 23.7 Å². The lowest BCUT2D eigenvalue weighted by molar-refractivity contribution is 0.130. The molecule has 2 aromatic carbocycles. The van der Waals surface area contributed by atoms with Crippen molar-refractivity contribution in [2.24, 2.45) is 5.92 Å². The Kier molecular flexibility index (Phi) is 11.0. The minimum absolute atomic E-state index is 0.0848. The fraction of sp³-hybridized carbons (Fsp3) is 0.519. The highest BCUT2D eigenvalue weighted by atomic mass is 16.5. The molecule has 0 fully saturated rings. The van der Waals surface area contributed by atoms with Gasteiger partial charge in [0.25, 0.3) is 0 Å². The van der Waals surface area contributed by atoms with E-state index < -0.39 is 0 Å². The third-order valence-corrected chi connectivity index (χ3v) is 5.78. The Hall–Kier alpha value is -2.73. The second-order valence-electron chi connectivity index (χ2n) is 8.59. The highest BCUT2D eigenvalue weighted by Crippen LogP contribution is 2.31. The number of hydrogen-bond donors (Lipinski definition) is 0. The lowest BCUT2D eigenvalue weighted by atomic mass is 10.0. The molecule has 0 aliphatic heterocycles. The van der Waals surface area contributed by atoms with Crippen LogP contribution in [0.1, 0.15) is 37.8 Å². The lowest BCUT2D eigenvalue weighted by Gasteiger charge is -2.25. The van der Waals surface area contributed by atoms with Gasteiger partial charge in [-0.25, -0.2) is 0 Å². The second-order valence-corrected chi connectivity index (χ2v) is 8.59. The van der Waals surface area contributed by atoms with Crippen LogP contribution in [0.2, 0.25) is 0 Å². The van der Waals surface area contributed by atoms with Crippen LogP contribution >= 0.6 is 0 Å². The summed E-state index contributed by atoms with van der Waals surface area (Å²) in [5.74, 6) is 3.26. The molecule has 0 spiro atoms. The van der Waals surface area contributed by atoms with Crippen LogP contribution in [0.25, 0.3) is 0 Å².